The predicted octanol–water partition coefficient (Wildman–Crippen LogP) is 2.28. The van der Waals surface area contributed by atoms with Crippen LogP contribution in [0.3, 0.4) is 0 Å². The standard InChI is InChI=1S/C11H18BrN3O2/c1-9(12)10-8-15(14-13-10)5-7-17-11-4-2-3-6-16-11/h8-9,11H,2-7H2,1H3. The fourth-order valence-electron chi connectivity index (χ4n) is 1.73. The van der Waals surface area contributed by atoms with E-state index in [1.807, 2.05) is 13.1 Å². The predicted molar refractivity (Wildman–Crippen MR) is 66.9 cm³/mol. The summed E-state index contributed by atoms with van der Waals surface area (Å²) in [6, 6.07) is 0. The Morgan fingerprint density at radius 2 is 2.53 bits per heavy atom. The zero-order valence-corrected chi connectivity index (χ0v) is 11.6. The van der Waals surface area contributed by atoms with E-state index in [9.17, 15) is 0 Å². The zero-order chi connectivity index (χ0) is 12.1. The fraction of sp³-hybridized carbons (Fsp3) is 0.818. The number of hydrogen-bond acceptors (Lipinski definition) is 4. The molecule has 2 heterocycles. The highest BCUT2D eigenvalue weighted by Crippen LogP contribution is 2.18. The molecule has 1 fully saturated rings. The monoisotopic (exact) mass is 303 g/mol. The molecule has 2 unspecified atom stereocenters. The van der Waals surface area contributed by atoms with Crippen molar-refractivity contribution in [3.8, 4) is 0 Å². The van der Waals surface area contributed by atoms with E-state index in [2.05, 4.69) is 26.2 Å². The number of nitrogens with zero attached hydrogens (tertiary/aromatic N) is 3. The summed E-state index contributed by atoms with van der Waals surface area (Å²) in [6.07, 6.45) is 5.25. The zero-order valence-electron chi connectivity index (χ0n) is 10.0. The minimum Gasteiger partial charge on any atom is -0.353 e. The van der Waals surface area contributed by atoms with Gasteiger partial charge in [-0.25, -0.2) is 4.68 Å². The van der Waals surface area contributed by atoms with Gasteiger partial charge in [-0.3, -0.25) is 0 Å². The van der Waals surface area contributed by atoms with E-state index in [4.69, 9.17) is 9.47 Å². The molecule has 6 heteroatoms. The summed E-state index contributed by atoms with van der Waals surface area (Å²) in [6.45, 7) is 4.18. The molecule has 2 rings (SSSR count). The number of alkyl halides is 1. The molecule has 0 spiro atoms. The van der Waals surface area contributed by atoms with Gasteiger partial charge in [0, 0.05) is 12.8 Å². The van der Waals surface area contributed by atoms with E-state index in [0.29, 0.717) is 13.2 Å². The Kier molecular flexibility index (Phi) is 4.94. The van der Waals surface area contributed by atoms with Gasteiger partial charge < -0.3 is 9.47 Å². The van der Waals surface area contributed by atoms with Crippen LogP contribution in [0.1, 0.15) is 36.7 Å². The SMILES string of the molecule is CC(Br)c1cn(CCOC2CCCCO2)nn1. The van der Waals surface area contributed by atoms with E-state index >= 15 is 0 Å². The first-order chi connectivity index (χ1) is 8.25. The summed E-state index contributed by atoms with van der Waals surface area (Å²) in [5.41, 5.74) is 0.943. The topological polar surface area (TPSA) is 49.2 Å². The minimum absolute atomic E-state index is 0.0261. The first kappa shape index (κ1) is 13.0. The normalized spacial score (nSPS) is 22.6. The number of aromatic nitrogens is 3. The van der Waals surface area contributed by atoms with Gasteiger partial charge in [-0.2, -0.15) is 0 Å². The lowest BCUT2D eigenvalue weighted by Crippen LogP contribution is -2.24. The van der Waals surface area contributed by atoms with Gasteiger partial charge in [-0.1, -0.05) is 21.1 Å². The Morgan fingerprint density at radius 3 is 3.18 bits per heavy atom. The lowest BCUT2D eigenvalue weighted by molar-refractivity contribution is -0.163. The number of ether oxygens (including phenoxy) is 2. The Labute approximate surface area is 110 Å². The molecule has 5 nitrogen and oxygen atoms in total. The van der Waals surface area contributed by atoms with E-state index in [0.717, 1.165) is 25.1 Å². The average Bonchev–Trinajstić information content (AvgIpc) is 2.79. The van der Waals surface area contributed by atoms with Gasteiger partial charge in [-0.15, -0.1) is 5.10 Å². The van der Waals surface area contributed by atoms with Crippen LogP contribution in [0.5, 0.6) is 0 Å². The molecular formula is C11H18BrN3O2. The van der Waals surface area contributed by atoms with Crippen LogP contribution in [-0.2, 0) is 16.0 Å². The van der Waals surface area contributed by atoms with E-state index in [-0.39, 0.29) is 11.1 Å². The first-order valence-corrected chi connectivity index (χ1v) is 6.94. The quantitative estimate of drug-likeness (QED) is 0.783. The largest absolute Gasteiger partial charge is 0.353 e. The number of halogens is 1. The molecule has 0 saturated carbocycles. The van der Waals surface area contributed by atoms with Gasteiger partial charge >= 0.3 is 0 Å². The highest BCUT2D eigenvalue weighted by molar-refractivity contribution is 9.09. The molecule has 1 aromatic heterocycles. The fourth-order valence-corrected chi connectivity index (χ4v) is 1.94. The number of hydrogen-bond donors (Lipinski definition) is 0. The van der Waals surface area contributed by atoms with Crippen LogP contribution in [-0.4, -0.2) is 34.5 Å². The van der Waals surface area contributed by atoms with Crippen LogP contribution >= 0.6 is 15.9 Å². The molecule has 0 aliphatic carbocycles. The van der Waals surface area contributed by atoms with E-state index in [1.54, 1.807) is 4.68 Å². The molecule has 0 aromatic carbocycles. The van der Waals surface area contributed by atoms with Crippen molar-refractivity contribution in [2.75, 3.05) is 13.2 Å². The second kappa shape index (κ2) is 6.47. The molecular weight excluding hydrogens is 286 g/mol. The third-order valence-corrected chi connectivity index (χ3v) is 3.20. The number of rotatable bonds is 5. The van der Waals surface area contributed by atoms with Crippen LogP contribution in [0.2, 0.25) is 0 Å². The molecule has 17 heavy (non-hydrogen) atoms. The first-order valence-electron chi connectivity index (χ1n) is 6.03. The summed E-state index contributed by atoms with van der Waals surface area (Å²) in [5.74, 6) is 0. The van der Waals surface area contributed by atoms with Crippen LogP contribution < -0.4 is 0 Å². The van der Waals surface area contributed by atoms with Crippen molar-refractivity contribution in [2.24, 2.45) is 0 Å². The summed E-state index contributed by atoms with van der Waals surface area (Å²) in [4.78, 5) is 0.235. The molecule has 0 bridgehead atoms. The van der Waals surface area contributed by atoms with Crippen LogP contribution in [0.4, 0.5) is 0 Å². The van der Waals surface area contributed by atoms with Crippen LogP contribution in [0, 0.1) is 0 Å². The van der Waals surface area contributed by atoms with Crippen molar-refractivity contribution >= 4 is 15.9 Å². The molecule has 1 saturated heterocycles. The second-order valence-corrected chi connectivity index (χ2v) is 5.56. The van der Waals surface area contributed by atoms with Gasteiger partial charge in [0.05, 0.1) is 23.7 Å². The smallest absolute Gasteiger partial charge is 0.157 e. The van der Waals surface area contributed by atoms with Crippen molar-refractivity contribution in [3.05, 3.63) is 11.9 Å². The third kappa shape index (κ3) is 4.04. The highest BCUT2D eigenvalue weighted by Gasteiger charge is 2.13. The summed E-state index contributed by atoms with van der Waals surface area (Å²) in [5, 5.41) is 8.10. The Morgan fingerprint density at radius 1 is 1.65 bits per heavy atom. The van der Waals surface area contributed by atoms with E-state index in [1.165, 1.54) is 6.42 Å². The Bertz CT molecular complexity index is 337. The van der Waals surface area contributed by atoms with Crippen molar-refractivity contribution in [2.45, 2.75) is 43.8 Å². The van der Waals surface area contributed by atoms with Crippen LogP contribution in [0.15, 0.2) is 6.20 Å². The Balaban J connectivity index is 1.70. The maximum Gasteiger partial charge on any atom is 0.157 e. The molecule has 1 aromatic rings. The molecule has 0 N–H and O–H groups in total. The van der Waals surface area contributed by atoms with Gasteiger partial charge in [0.25, 0.3) is 0 Å². The van der Waals surface area contributed by atoms with Crippen molar-refractivity contribution in [1.82, 2.24) is 15.0 Å². The lowest BCUT2D eigenvalue weighted by Gasteiger charge is -2.22. The van der Waals surface area contributed by atoms with E-state index < -0.39 is 0 Å². The molecule has 0 amide bonds. The minimum atomic E-state index is -0.0261. The third-order valence-electron chi connectivity index (χ3n) is 2.73. The van der Waals surface area contributed by atoms with Gasteiger partial charge in [-0.05, 0) is 26.2 Å². The van der Waals surface area contributed by atoms with Crippen molar-refractivity contribution in [3.63, 3.8) is 0 Å². The van der Waals surface area contributed by atoms with Gasteiger partial charge in [0.2, 0.25) is 0 Å². The molecule has 96 valence electrons. The van der Waals surface area contributed by atoms with Crippen molar-refractivity contribution < 1.29 is 9.47 Å². The summed E-state index contributed by atoms with van der Waals surface area (Å²) < 4.78 is 12.9. The summed E-state index contributed by atoms with van der Waals surface area (Å²) >= 11 is 3.46. The van der Waals surface area contributed by atoms with Crippen molar-refractivity contribution in [1.29, 1.82) is 0 Å². The molecule has 1 aliphatic heterocycles. The summed E-state index contributed by atoms with van der Waals surface area (Å²) in [7, 11) is 0. The average molecular weight is 304 g/mol. The highest BCUT2D eigenvalue weighted by atomic mass is 79.9. The lowest BCUT2D eigenvalue weighted by atomic mass is 10.2. The molecule has 2 atom stereocenters. The molecule has 0 radical (unpaired) electrons. The van der Waals surface area contributed by atoms with Gasteiger partial charge in [0.1, 0.15) is 0 Å². The maximum atomic E-state index is 5.63. The molecule has 1 aliphatic rings. The maximum absolute atomic E-state index is 5.63. The Hall–Kier alpha value is -0.460. The second-order valence-electron chi connectivity index (χ2n) is 4.19. The van der Waals surface area contributed by atoms with Crippen LogP contribution in [0.25, 0.3) is 0 Å². The van der Waals surface area contributed by atoms with Gasteiger partial charge in [0.15, 0.2) is 6.29 Å².